The Morgan fingerprint density at radius 1 is 1.20 bits per heavy atom. The summed E-state index contributed by atoms with van der Waals surface area (Å²) in [6.45, 7) is 2.35. The molecule has 1 fully saturated rings. The average molecular weight is 425 g/mol. The molecule has 3 heterocycles. The lowest BCUT2D eigenvalue weighted by molar-refractivity contribution is -0.119. The van der Waals surface area contributed by atoms with Gasteiger partial charge in [0.2, 0.25) is 0 Å². The van der Waals surface area contributed by atoms with Crippen molar-refractivity contribution in [3.8, 4) is 28.1 Å². The number of carbonyl (C=O) groups is 1. The van der Waals surface area contributed by atoms with Gasteiger partial charge >= 0.3 is 0 Å². The third-order valence-electron chi connectivity index (χ3n) is 5.19. The summed E-state index contributed by atoms with van der Waals surface area (Å²) in [6.07, 6.45) is 5.49. The van der Waals surface area contributed by atoms with Gasteiger partial charge in [0.1, 0.15) is 10.8 Å². The van der Waals surface area contributed by atoms with Crippen LogP contribution in [-0.4, -0.2) is 67.6 Å². The van der Waals surface area contributed by atoms with E-state index in [0.717, 1.165) is 42.1 Å². The average Bonchev–Trinajstić information content (AvgIpc) is 3.31. The Morgan fingerprint density at radius 3 is 2.67 bits per heavy atom. The van der Waals surface area contributed by atoms with Crippen LogP contribution >= 0.6 is 11.8 Å². The third-order valence-corrected chi connectivity index (χ3v) is 6.46. The number of nitrogens with one attached hydrogen (secondary N) is 1. The maximum Gasteiger partial charge on any atom is 0.160 e. The number of phenols is 1. The number of aromatic nitrogens is 4. The van der Waals surface area contributed by atoms with Crippen LogP contribution in [0.4, 0.5) is 0 Å². The molecule has 3 aromatic rings. The number of benzene rings is 1. The van der Waals surface area contributed by atoms with Crippen LogP contribution in [-0.2, 0) is 4.79 Å². The lowest BCUT2D eigenvalue weighted by atomic mass is 10.0. The summed E-state index contributed by atoms with van der Waals surface area (Å²) in [5.74, 6) is 0.242. The molecule has 0 saturated carbocycles. The molecule has 0 spiro atoms. The molecule has 0 bridgehead atoms. The Morgan fingerprint density at radius 2 is 2.03 bits per heavy atom. The van der Waals surface area contributed by atoms with Gasteiger partial charge in [-0.1, -0.05) is 6.07 Å². The van der Waals surface area contributed by atoms with Crippen LogP contribution in [0.2, 0.25) is 0 Å². The van der Waals surface area contributed by atoms with Crippen LogP contribution in [0.25, 0.3) is 22.4 Å². The van der Waals surface area contributed by atoms with Crippen molar-refractivity contribution in [1.82, 2.24) is 25.3 Å². The number of phenolic OH excluding ortho intramolecular Hbond substituents is 1. The van der Waals surface area contributed by atoms with Gasteiger partial charge in [-0.2, -0.15) is 5.10 Å². The molecule has 8 nitrogen and oxygen atoms in total. The molecule has 4 rings (SSSR count). The van der Waals surface area contributed by atoms with Crippen molar-refractivity contribution in [1.29, 1.82) is 0 Å². The van der Waals surface area contributed by atoms with Crippen molar-refractivity contribution in [2.75, 3.05) is 26.2 Å². The summed E-state index contributed by atoms with van der Waals surface area (Å²) >= 11 is 1.72. The highest BCUT2D eigenvalue weighted by molar-refractivity contribution is 7.99. The smallest absolute Gasteiger partial charge is 0.160 e. The van der Waals surface area contributed by atoms with E-state index >= 15 is 0 Å². The van der Waals surface area contributed by atoms with Crippen LogP contribution in [0.15, 0.2) is 47.8 Å². The molecule has 0 radical (unpaired) electrons. The minimum Gasteiger partial charge on any atom is -0.507 e. The molecular weight excluding hydrogens is 400 g/mol. The fourth-order valence-electron chi connectivity index (χ4n) is 3.53. The highest BCUT2D eigenvalue weighted by atomic mass is 32.2. The van der Waals surface area contributed by atoms with Crippen LogP contribution in [0.5, 0.6) is 5.75 Å². The number of nitrogens with zero attached hydrogens (tertiary/aromatic N) is 4. The van der Waals surface area contributed by atoms with E-state index < -0.39 is 0 Å². The number of hydrogen-bond acceptors (Lipinski definition) is 8. The first-order valence-corrected chi connectivity index (χ1v) is 10.8. The Kier molecular flexibility index (Phi) is 6.41. The number of likely N-dealkylation sites (tertiary alicyclic amines) is 1. The molecular formula is C21H24N6O2S. The van der Waals surface area contributed by atoms with Crippen LogP contribution in [0.3, 0.4) is 0 Å². The molecule has 1 saturated heterocycles. The predicted molar refractivity (Wildman–Crippen MR) is 116 cm³/mol. The van der Waals surface area contributed by atoms with E-state index in [9.17, 15) is 9.90 Å². The van der Waals surface area contributed by atoms with Crippen LogP contribution in [0.1, 0.15) is 12.8 Å². The monoisotopic (exact) mass is 424 g/mol. The van der Waals surface area contributed by atoms with Gasteiger partial charge in [0, 0.05) is 22.6 Å². The number of aromatic amines is 1. The molecule has 0 atom stereocenters. The number of carbonyl (C=O) groups excluding carboxylic acids is 1. The summed E-state index contributed by atoms with van der Waals surface area (Å²) in [4.78, 5) is 13.7. The Balaban J connectivity index is 1.36. The quantitative estimate of drug-likeness (QED) is 0.528. The molecule has 9 heteroatoms. The topological polar surface area (TPSA) is 121 Å². The van der Waals surface area contributed by atoms with Gasteiger partial charge in [-0.05, 0) is 55.8 Å². The maximum absolute atomic E-state index is 11.5. The number of thioether (sulfide) groups is 1. The largest absolute Gasteiger partial charge is 0.507 e. The standard InChI is InChI=1S/C21H24N6O2S/c22-10-16(28)13-27-7-5-17(6-8-27)30-21-4-3-19(25-26-21)18-2-1-14(9-20(18)29)15-11-23-24-12-15/h1-4,9,11-12,17,29H,5-8,10,13,22H2,(H,23,24). The van der Waals surface area contributed by atoms with E-state index in [2.05, 4.69) is 25.3 Å². The number of piperidine rings is 1. The van der Waals surface area contributed by atoms with Gasteiger partial charge in [0.15, 0.2) is 5.78 Å². The zero-order valence-corrected chi connectivity index (χ0v) is 17.3. The summed E-state index contributed by atoms with van der Waals surface area (Å²) in [5, 5.41) is 27.1. The normalized spacial score (nSPS) is 15.4. The highest BCUT2D eigenvalue weighted by Crippen LogP contribution is 2.33. The Bertz CT molecular complexity index is 985. The predicted octanol–water partition coefficient (Wildman–Crippen LogP) is 2.32. The van der Waals surface area contributed by atoms with Crippen molar-refractivity contribution in [3.05, 3.63) is 42.7 Å². The molecule has 1 aliphatic rings. The number of ketones is 1. The van der Waals surface area contributed by atoms with Crippen LogP contribution < -0.4 is 5.73 Å². The van der Waals surface area contributed by atoms with Crippen molar-refractivity contribution in [2.24, 2.45) is 5.73 Å². The third kappa shape index (κ3) is 4.86. The number of H-pyrrole nitrogens is 1. The first kappa shape index (κ1) is 20.5. The zero-order valence-electron chi connectivity index (χ0n) is 16.5. The molecule has 1 aliphatic heterocycles. The van der Waals surface area contributed by atoms with E-state index in [1.165, 1.54) is 0 Å². The van der Waals surface area contributed by atoms with E-state index in [0.29, 0.717) is 23.1 Å². The number of hydrogen-bond donors (Lipinski definition) is 3. The van der Waals surface area contributed by atoms with E-state index in [4.69, 9.17) is 5.73 Å². The highest BCUT2D eigenvalue weighted by Gasteiger charge is 2.22. The van der Waals surface area contributed by atoms with Gasteiger partial charge in [0.25, 0.3) is 0 Å². The Labute approximate surface area is 178 Å². The maximum atomic E-state index is 11.5. The second kappa shape index (κ2) is 9.38. The number of aromatic hydroxyl groups is 1. The SMILES string of the molecule is NCC(=O)CN1CCC(Sc2ccc(-c3ccc(-c4cn[nH]c4)cc3O)nn2)CC1. The first-order chi connectivity index (χ1) is 14.6. The minimum absolute atomic E-state index is 0.0867. The summed E-state index contributed by atoms with van der Waals surface area (Å²) < 4.78 is 0. The second-order valence-corrected chi connectivity index (χ2v) is 8.63. The second-order valence-electron chi connectivity index (χ2n) is 7.31. The molecule has 0 unspecified atom stereocenters. The molecule has 1 aromatic carbocycles. The molecule has 4 N–H and O–H groups in total. The number of rotatable bonds is 7. The summed E-state index contributed by atoms with van der Waals surface area (Å²) in [6, 6.07) is 9.30. The molecule has 0 aliphatic carbocycles. The molecule has 30 heavy (non-hydrogen) atoms. The van der Waals surface area contributed by atoms with Gasteiger partial charge in [-0.3, -0.25) is 14.8 Å². The van der Waals surface area contributed by atoms with Crippen molar-refractivity contribution < 1.29 is 9.90 Å². The van der Waals surface area contributed by atoms with Crippen molar-refractivity contribution in [3.63, 3.8) is 0 Å². The fourth-order valence-corrected chi connectivity index (χ4v) is 4.56. The van der Waals surface area contributed by atoms with Gasteiger partial charge < -0.3 is 10.8 Å². The first-order valence-electron chi connectivity index (χ1n) is 9.89. The lowest BCUT2D eigenvalue weighted by Crippen LogP contribution is -2.39. The van der Waals surface area contributed by atoms with Crippen LogP contribution in [0, 0.1) is 0 Å². The lowest BCUT2D eigenvalue weighted by Gasteiger charge is -2.30. The number of Topliss-reactive ketones (excluding diaryl/α,β-unsaturated/α-hetero) is 1. The van der Waals surface area contributed by atoms with Gasteiger partial charge in [-0.15, -0.1) is 22.0 Å². The Hall–Kier alpha value is -2.75. The summed E-state index contributed by atoms with van der Waals surface area (Å²) in [7, 11) is 0. The fraction of sp³-hybridized carbons (Fsp3) is 0.333. The zero-order chi connectivity index (χ0) is 20.9. The van der Waals surface area contributed by atoms with E-state index in [1.54, 1.807) is 30.2 Å². The molecule has 2 aromatic heterocycles. The molecule has 156 valence electrons. The van der Waals surface area contributed by atoms with Crippen molar-refractivity contribution >= 4 is 17.5 Å². The molecule has 0 amide bonds. The van der Waals surface area contributed by atoms with Crippen molar-refractivity contribution in [2.45, 2.75) is 23.1 Å². The summed E-state index contributed by atoms with van der Waals surface area (Å²) in [5.41, 5.74) is 8.46. The van der Waals surface area contributed by atoms with E-state index in [1.807, 2.05) is 24.3 Å². The van der Waals surface area contributed by atoms with E-state index in [-0.39, 0.29) is 18.1 Å². The van der Waals surface area contributed by atoms with Gasteiger partial charge in [0.05, 0.1) is 25.0 Å². The number of nitrogens with two attached hydrogens (primary N) is 1. The minimum atomic E-state index is 0.0867. The van der Waals surface area contributed by atoms with Gasteiger partial charge in [-0.25, -0.2) is 0 Å².